The predicted molar refractivity (Wildman–Crippen MR) is 119 cm³/mol. The maximum absolute atomic E-state index is 9.54. The van der Waals surface area contributed by atoms with Crippen LogP contribution in [0.15, 0.2) is 48.6 Å². The Bertz CT molecular complexity index is 819. The van der Waals surface area contributed by atoms with Crippen LogP contribution in [0.2, 0.25) is 0 Å². The Hall–Kier alpha value is -3.94. The molecule has 0 radical (unpaired) electrons. The van der Waals surface area contributed by atoms with E-state index in [2.05, 4.69) is 0 Å². The molecule has 2 rings (SSSR count). The number of aromatic hydroxyl groups is 2. The van der Waals surface area contributed by atoms with Crippen molar-refractivity contribution in [2.24, 2.45) is 0 Å². The molecular formula is C23H28O8. The van der Waals surface area contributed by atoms with Gasteiger partial charge in [0.25, 0.3) is 11.9 Å². The first-order valence-electron chi connectivity index (χ1n) is 9.06. The number of carboxylic acid groups (broad SMARTS) is 2. The third-order valence-electron chi connectivity index (χ3n) is 3.30. The molecule has 2 aromatic carbocycles. The third-order valence-corrected chi connectivity index (χ3v) is 3.30. The van der Waals surface area contributed by atoms with E-state index in [1.165, 1.54) is 14.2 Å². The van der Waals surface area contributed by atoms with Crippen LogP contribution in [0.3, 0.4) is 0 Å². The van der Waals surface area contributed by atoms with Crippen molar-refractivity contribution in [3.05, 3.63) is 59.7 Å². The molecule has 2 aromatic rings. The van der Waals surface area contributed by atoms with Crippen LogP contribution in [0.4, 0.5) is 0 Å². The molecular weight excluding hydrogens is 404 g/mol. The summed E-state index contributed by atoms with van der Waals surface area (Å²) in [5.74, 6) is -0.491. The molecule has 0 atom stereocenters. The number of hydrogen-bond donors (Lipinski definition) is 4. The van der Waals surface area contributed by atoms with Gasteiger partial charge in [0, 0.05) is 13.8 Å². The van der Waals surface area contributed by atoms with Gasteiger partial charge in [-0.25, -0.2) is 0 Å². The number of carbonyl (C=O) groups is 2. The first kappa shape index (κ1) is 27.1. The molecule has 0 aliphatic carbocycles. The van der Waals surface area contributed by atoms with E-state index in [9.17, 15) is 10.2 Å². The highest BCUT2D eigenvalue weighted by Gasteiger charge is 2.01. The molecule has 0 amide bonds. The first-order valence-corrected chi connectivity index (χ1v) is 9.06. The predicted octanol–water partition coefficient (Wildman–Crippen LogP) is 4.41. The molecule has 0 aliphatic rings. The Morgan fingerprint density at radius 3 is 1.39 bits per heavy atom. The lowest BCUT2D eigenvalue weighted by Gasteiger charge is -2.03. The minimum Gasteiger partial charge on any atom is -0.504 e. The van der Waals surface area contributed by atoms with E-state index >= 15 is 0 Å². The van der Waals surface area contributed by atoms with Gasteiger partial charge < -0.3 is 29.9 Å². The number of allylic oxidation sites excluding steroid dienone is 2. The zero-order valence-electron chi connectivity index (χ0n) is 17.9. The number of benzene rings is 2. The van der Waals surface area contributed by atoms with Crippen molar-refractivity contribution in [3.8, 4) is 23.0 Å². The van der Waals surface area contributed by atoms with Crippen LogP contribution >= 0.6 is 0 Å². The van der Waals surface area contributed by atoms with Crippen molar-refractivity contribution in [1.82, 2.24) is 0 Å². The molecule has 0 heterocycles. The van der Waals surface area contributed by atoms with Crippen LogP contribution in [-0.4, -0.2) is 46.6 Å². The summed E-state index contributed by atoms with van der Waals surface area (Å²) in [4.78, 5) is 18.0. The molecule has 168 valence electrons. The highest BCUT2D eigenvalue weighted by molar-refractivity contribution is 5.63. The second-order valence-electron chi connectivity index (χ2n) is 5.94. The molecule has 8 nitrogen and oxygen atoms in total. The number of methoxy groups -OCH3 is 2. The zero-order valence-corrected chi connectivity index (χ0v) is 17.9. The molecule has 0 fully saturated rings. The summed E-state index contributed by atoms with van der Waals surface area (Å²) >= 11 is 0. The Morgan fingerprint density at radius 1 is 0.774 bits per heavy atom. The van der Waals surface area contributed by atoms with Crippen molar-refractivity contribution in [2.45, 2.75) is 20.3 Å². The van der Waals surface area contributed by atoms with E-state index in [1.807, 2.05) is 36.4 Å². The van der Waals surface area contributed by atoms with Gasteiger partial charge in [-0.3, -0.25) is 9.59 Å². The molecule has 31 heavy (non-hydrogen) atoms. The normalized spacial score (nSPS) is 9.94. The molecule has 8 heteroatoms. The standard InChI is InChI=1S/C19H20O4.2C2H4O2/c1-22-18-12-14(8-10-16(18)20)6-4-3-5-7-15-9-11-17(21)19(13-15)23-2;2*1-2(3)4/h4-13,20-21H,3H2,1-2H3;2*1H3,(H,3,4). The van der Waals surface area contributed by atoms with E-state index in [1.54, 1.807) is 24.3 Å². The molecule has 0 aromatic heterocycles. The number of phenolic OH excluding ortho intramolecular Hbond substituents is 2. The Morgan fingerprint density at radius 2 is 1.10 bits per heavy atom. The molecule has 0 unspecified atom stereocenters. The number of phenols is 2. The fraction of sp³-hybridized carbons (Fsp3) is 0.217. The van der Waals surface area contributed by atoms with Crippen molar-refractivity contribution < 1.29 is 39.5 Å². The fourth-order valence-electron chi connectivity index (χ4n) is 2.08. The topological polar surface area (TPSA) is 134 Å². The molecule has 0 bridgehead atoms. The van der Waals surface area contributed by atoms with Crippen LogP contribution in [0, 0.1) is 0 Å². The third kappa shape index (κ3) is 13.0. The Labute approximate surface area is 181 Å². The van der Waals surface area contributed by atoms with Gasteiger partial charge >= 0.3 is 0 Å². The number of rotatable bonds is 6. The van der Waals surface area contributed by atoms with E-state index in [4.69, 9.17) is 29.3 Å². The lowest BCUT2D eigenvalue weighted by Crippen LogP contribution is -1.84. The number of hydrogen-bond acceptors (Lipinski definition) is 6. The van der Waals surface area contributed by atoms with Gasteiger partial charge in [0.05, 0.1) is 14.2 Å². The van der Waals surface area contributed by atoms with Crippen LogP contribution in [-0.2, 0) is 9.59 Å². The molecule has 0 aliphatic heterocycles. The van der Waals surface area contributed by atoms with Gasteiger partial charge in [-0.2, -0.15) is 0 Å². The van der Waals surface area contributed by atoms with Gasteiger partial charge in [-0.1, -0.05) is 36.4 Å². The average Bonchev–Trinajstić information content (AvgIpc) is 2.69. The fourth-order valence-corrected chi connectivity index (χ4v) is 2.08. The molecule has 0 saturated heterocycles. The van der Waals surface area contributed by atoms with Gasteiger partial charge in [0.15, 0.2) is 23.0 Å². The minimum atomic E-state index is -0.833. The second kappa shape index (κ2) is 15.0. The summed E-state index contributed by atoms with van der Waals surface area (Å²) in [7, 11) is 3.05. The van der Waals surface area contributed by atoms with Gasteiger partial charge in [0.1, 0.15) is 0 Å². The van der Waals surface area contributed by atoms with E-state index in [-0.39, 0.29) is 11.5 Å². The minimum absolute atomic E-state index is 0.130. The van der Waals surface area contributed by atoms with Crippen LogP contribution in [0.1, 0.15) is 31.4 Å². The van der Waals surface area contributed by atoms with Gasteiger partial charge in [-0.15, -0.1) is 0 Å². The molecule has 4 N–H and O–H groups in total. The van der Waals surface area contributed by atoms with Crippen molar-refractivity contribution in [1.29, 1.82) is 0 Å². The van der Waals surface area contributed by atoms with E-state index in [0.29, 0.717) is 11.5 Å². The highest BCUT2D eigenvalue weighted by Crippen LogP contribution is 2.27. The number of aliphatic carboxylic acids is 2. The lowest BCUT2D eigenvalue weighted by atomic mass is 10.1. The van der Waals surface area contributed by atoms with Crippen molar-refractivity contribution in [3.63, 3.8) is 0 Å². The Kier molecular flexibility index (Phi) is 13.1. The van der Waals surface area contributed by atoms with Crippen LogP contribution < -0.4 is 9.47 Å². The summed E-state index contributed by atoms with van der Waals surface area (Å²) in [6.45, 7) is 2.17. The Balaban J connectivity index is 0.000000967. The van der Waals surface area contributed by atoms with Gasteiger partial charge in [-0.05, 0) is 41.8 Å². The smallest absolute Gasteiger partial charge is 0.300 e. The monoisotopic (exact) mass is 432 g/mol. The number of ether oxygens (including phenoxy) is 2. The summed E-state index contributed by atoms with van der Waals surface area (Å²) in [5.41, 5.74) is 1.92. The highest BCUT2D eigenvalue weighted by atomic mass is 16.5. The maximum atomic E-state index is 9.54. The zero-order chi connectivity index (χ0) is 23.8. The van der Waals surface area contributed by atoms with E-state index < -0.39 is 11.9 Å². The van der Waals surface area contributed by atoms with Crippen molar-refractivity contribution >= 4 is 24.1 Å². The van der Waals surface area contributed by atoms with E-state index in [0.717, 1.165) is 31.4 Å². The summed E-state index contributed by atoms with van der Waals surface area (Å²) in [5, 5.41) is 33.9. The molecule has 0 spiro atoms. The molecule has 0 saturated carbocycles. The quantitative estimate of drug-likeness (QED) is 0.527. The average molecular weight is 432 g/mol. The van der Waals surface area contributed by atoms with Crippen LogP contribution in [0.25, 0.3) is 12.2 Å². The summed E-state index contributed by atoms with van der Waals surface area (Å²) in [6.07, 6.45) is 8.71. The van der Waals surface area contributed by atoms with Crippen molar-refractivity contribution in [2.75, 3.05) is 14.2 Å². The summed E-state index contributed by atoms with van der Waals surface area (Å²) in [6, 6.07) is 10.4. The lowest BCUT2D eigenvalue weighted by molar-refractivity contribution is -0.135. The SMILES string of the molecule is CC(=O)O.CC(=O)O.COc1cc(C=CCC=Cc2ccc(O)c(OC)c2)ccc1O. The van der Waals surface area contributed by atoms with Gasteiger partial charge in [0.2, 0.25) is 0 Å². The summed E-state index contributed by atoms with van der Waals surface area (Å²) < 4.78 is 10.1. The maximum Gasteiger partial charge on any atom is 0.300 e. The first-order chi connectivity index (χ1) is 14.6. The van der Waals surface area contributed by atoms with Crippen LogP contribution in [0.5, 0.6) is 23.0 Å². The number of carboxylic acids is 2. The second-order valence-corrected chi connectivity index (χ2v) is 5.94. The largest absolute Gasteiger partial charge is 0.504 e.